The van der Waals surface area contributed by atoms with Crippen molar-refractivity contribution in [3.8, 4) is 0 Å². The highest BCUT2D eigenvalue weighted by Gasteiger charge is 2.17. The molecule has 0 aliphatic carbocycles. The summed E-state index contributed by atoms with van der Waals surface area (Å²) in [4.78, 5) is 0. The number of benzene rings is 2. The molecular formula is C18H18ClNO. The average Bonchev–Trinajstić information content (AvgIpc) is 2.86. The van der Waals surface area contributed by atoms with Crippen molar-refractivity contribution in [1.29, 1.82) is 0 Å². The Balaban J connectivity index is 2.06. The maximum atomic E-state index is 6.24. The molecule has 108 valence electrons. The van der Waals surface area contributed by atoms with Gasteiger partial charge in [-0.1, -0.05) is 35.4 Å². The van der Waals surface area contributed by atoms with Crippen LogP contribution in [-0.2, 0) is 0 Å². The van der Waals surface area contributed by atoms with Crippen molar-refractivity contribution in [2.45, 2.75) is 19.9 Å². The Morgan fingerprint density at radius 2 is 1.86 bits per heavy atom. The minimum atomic E-state index is -0.00388. The molecule has 2 aromatic carbocycles. The number of fused-ring (bicyclic) bond motifs is 1. The standard InChI is InChI=1S/C18H18ClNO/c1-11-4-7-16-14(8-11)10-17(21-16)18(20-3)13-6-5-12(2)15(19)9-13/h4-10,18,20H,1-3H3. The van der Waals surface area contributed by atoms with Gasteiger partial charge in [0.1, 0.15) is 11.3 Å². The SMILES string of the molecule is CNC(c1ccc(C)c(Cl)c1)c1cc2cc(C)ccc2o1. The van der Waals surface area contributed by atoms with Crippen molar-refractivity contribution < 1.29 is 4.42 Å². The van der Waals surface area contributed by atoms with Gasteiger partial charge in [0, 0.05) is 10.4 Å². The van der Waals surface area contributed by atoms with E-state index in [1.165, 1.54) is 5.56 Å². The first-order valence-electron chi connectivity index (χ1n) is 7.02. The van der Waals surface area contributed by atoms with Crippen LogP contribution in [0.5, 0.6) is 0 Å². The van der Waals surface area contributed by atoms with Gasteiger partial charge in [0.15, 0.2) is 0 Å². The summed E-state index contributed by atoms with van der Waals surface area (Å²) in [6, 6.07) is 14.4. The van der Waals surface area contributed by atoms with E-state index in [0.29, 0.717) is 0 Å². The molecule has 0 radical (unpaired) electrons. The molecule has 3 aromatic rings. The molecule has 1 atom stereocenters. The van der Waals surface area contributed by atoms with Crippen molar-refractivity contribution in [2.75, 3.05) is 7.05 Å². The van der Waals surface area contributed by atoms with Crippen molar-refractivity contribution in [1.82, 2.24) is 5.32 Å². The van der Waals surface area contributed by atoms with E-state index in [4.69, 9.17) is 16.0 Å². The summed E-state index contributed by atoms with van der Waals surface area (Å²) in [5, 5.41) is 5.21. The smallest absolute Gasteiger partial charge is 0.134 e. The molecule has 0 bridgehead atoms. The third-order valence-electron chi connectivity index (χ3n) is 3.79. The zero-order valence-corrected chi connectivity index (χ0v) is 13.2. The number of hydrogen-bond donors (Lipinski definition) is 1. The second-order valence-electron chi connectivity index (χ2n) is 5.42. The fourth-order valence-corrected chi connectivity index (χ4v) is 2.78. The fraction of sp³-hybridized carbons (Fsp3) is 0.222. The third-order valence-corrected chi connectivity index (χ3v) is 4.20. The zero-order chi connectivity index (χ0) is 15.0. The van der Waals surface area contributed by atoms with Crippen LogP contribution in [0.25, 0.3) is 11.0 Å². The van der Waals surface area contributed by atoms with Crippen LogP contribution >= 0.6 is 11.6 Å². The van der Waals surface area contributed by atoms with E-state index in [9.17, 15) is 0 Å². The monoisotopic (exact) mass is 299 g/mol. The van der Waals surface area contributed by atoms with E-state index in [1.807, 2.05) is 32.2 Å². The van der Waals surface area contributed by atoms with Crippen LogP contribution in [0, 0.1) is 13.8 Å². The van der Waals surface area contributed by atoms with Gasteiger partial charge in [-0.05, 0) is 56.3 Å². The van der Waals surface area contributed by atoms with Crippen molar-refractivity contribution in [3.63, 3.8) is 0 Å². The molecule has 0 aliphatic rings. The second kappa shape index (κ2) is 5.55. The molecule has 2 nitrogen and oxygen atoms in total. The molecule has 3 heteroatoms. The predicted molar refractivity (Wildman–Crippen MR) is 88.0 cm³/mol. The van der Waals surface area contributed by atoms with Crippen molar-refractivity contribution >= 4 is 22.6 Å². The Hall–Kier alpha value is -1.77. The highest BCUT2D eigenvalue weighted by Crippen LogP contribution is 2.30. The zero-order valence-electron chi connectivity index (χ0n) is 12.4. The van der Waals surface area contributed by atoms with Gasteiger partial charge < -0.3 is 9.73 Å². The van der Waals surface area contributed by atoms with Gasteiger partial charge in [0.2, 0.25) is 0 Å². The topological polar surface area (TPSA) is 25.2 Å². The van der Waals surface area contributed by atoms with E-state index in [1.54, 1.807) is 0 Å². The first-order chi connectivity index (χ1) is 10.1. The first-order valence-corrected chi connectivity index (χ1v) is 7.39. The van der Waals surface area contributed by atoms with E-state index in [-0.39, 0.29) is 6.04 Å². The minimum Gasteiger partial charge on any atom is -0.459 e. The number of rotatable bonds is 3. The van der Waals surface area contributed by atoms with Gasteiger partial charge in [-0.2, -0.15) is 0 Å². The summed E-state index contributed by atoms with van der Waals surface area (Å²) in [7, 11) is 1.93. The van der Waals surface area contributed by atoms with Crippen LogP contribution in [-0.4, -0.2) is 7.05 Å². The van der Waals surface area contributed by atoms with Crippen molar-refractivity contribution in [2.24, 2.45) is 0 Å². The van der Waals surface area contributed by atoms with Gasteiger partial charge in [0.25, 0.3) is 0 Å². The van der Waals surface area contributed by atoms with Crippen LogP contribution in [0.15, 0.2) is 46.9 Å². The molecule has 1 unspecified atom stereocenters. The molecule has 3 rings (SSSR count). The second-order valence-corrected chi connectivity index (χ2v) is 5.83. The molecule has 0 amide bonds. The Bertz CT molecular complexity index is 791. The molecule has 1 heterocycles. The summed E-state index contributed by atoms with van der Waals surface area (Å²) in [5.41, 5.74) is 4.32. The quantitative estimate of drug-likeness (QED) is 0.735. The summed E-state index contributed by atoms with van der Waals surface area (Å²) in [6.45, 7) is 4.09. The summed E-state index contributed by atoms with van der Waals surface area (Å²) in [5.74, 6) is 0.901. The number of aryl methyl sites for hydroxylation is 2. The number of nitrogens with one attached hydrogen (secondary N) is 1. The maximum Gasteiger partial charge on any atom is 0.134 e. The molecule has 1 N–H and O–H groups in total. The van der Waals surface area contributed by atoms with Crippen LogP contribution in [0.1, 0.15) is 28.5 Å². The molecule has 21 heavy (non-hydrogen) atoms. The number of hydrogen-bond acceptors (Lipinski definition) is 2. The minimum absolute atomic E-state index is 0.00388. The van der Waals surface area contributed by atoms with Gasteiger partial charge in [0.05, 0.1) is 6.04 Å². The van der Waals surface area contributed by atoms with Crippen LogP contribution in [0.2, 0.25) is 5.02 Å². The summed E-state index contributed by atoms with van der Waals surface area (Å²) in [6.07, 6.45) is 0. The lowest BCUT2D eigenvalue weighted by molar-refractivity contribution is 0.491. The molecule has 0 spiro atoms. The average molecular weight is 300 g/mol. The van der Waals surface area contributed by atoms with E-state index < -0.39 is 0 Å². The lowest BCUT2D eigenvalue weighted by atomic mass is 10.0. The maximum absolute atomic E-state index is 6.24. The van der Waals surface area contributed by atoms with Gasteiger partial charge in [-0.3, -0.25) is 0 Å². The van der Waals surface area contributed by atoms with Crippen LogP contribution < -0.4 is 5.32 Å². The first kappa shape index (κ1) is 14.2. The number of furan rings is 1. The molecule has 0 saturated heterocycles. The summed E-state index contributed by atoms with van der Waals surface area (Å²) < 4.78 is 6.00. The van der Waals surface area contributed by atoms with E-state index in [2.05, 4.69) is 36.5 Å². The van der Waals surface area contributed by atoms with Crippen LogP contribution in [0.3, 0.4) is 0 Å². The molecule has 1 aromatic heterocycles. The lowest BCUT2D eigenvalue weighted by Crippen LogP contribution is -2.17. The Morgan fingerprint density at radius 3 is 2.57 bits per heavy atom. The summed E-state index contributed by atoms with van der Waals surface area (Å²) >= 11 is 6.24. The Labute approximate surface area is 129 Å². The highest BCUT2D eigenvalue weighted by atomic mass is 35.5. The van der Waals surface area contributed by atoms with Crippen molar-refractivity contribution in [3.05, 3.63) is 69.9 Å². The molecule has 0 saturated carbocycles. The molecule has 0 aliphatic heterocycles. The molecule has 0 fully saturated rings. The van der Waals surface area contributed by atoms with Crippen LogP contribution in [0.4, 0.5) is 0 Å². The Kier molecular flexibility index (Phi) is 3.75. The van der Waals surface area contributed by atoms with Gasteiger partial charge in [-0.25, -0.2) is 0 Å². The normalized spacial score (nSPS) is 12.8. The lowest BCUT2D eigenvalue weighted by Gasteiger charge is -2.15. The predicted octanol–water partition coefficient (Wildman–Crippen LogP) is 5.01. The van der Waals surface area contributed by atoms with Gasteiger partial charge in [-0.15, -0.1) is 0 Å². The highest BCUT2D eigenvalue weighted by molar-refractivity contribution is 6.31. The van der Waals surface area contributed by atoms with E-state index >= 15 is 0 Å². The largest absolute Gasteiger partial charge is 0.459 e. The molecular weight excluding hydrogens is 282 g/mol. The van der Waals surface area contributed by atoms with Gasteiger partial charge >= 0.3 is 0 Å². The Morgan fingerprint density at radius 1 is 1.05 bits per heavy atom. The fourth-order valence-electron chi connectivity index (χ4n) is 2.59. The third kappa shape index (κ3) is 2.69. The number of halogens is 1. The van der Waals surface area contributed by atoms with E-state index in [0.717, 1.165) is 32.9 Å².